The molecule has 0 N–H and O–H groups in total. The molecule has 210 valence electrons. The van der Waals surface area contributed by atoms with Crippen LogP contribution in [0.5, 0.6) is 0 Å². The Morgan fingerprint density at radius 3 is 0.600 bits per heavy atom. The molecule has 0 rings (SSSR count). The Balaban J connectivity index is 3.06. The standard InChI is InChI=1S/C35H70/c1-3-5-7-9-11-13-15-17-19-21-23-25-27-29-31-33-35-34-32-30-28-26-24-22-20-18-16-14-12-10-8-6-4-2/h23,25H,3-22,24,26-35H2,1-2H3. The van der Waals surface area contributed by atoms with Crippen LogP contribution in [0, 0.1) is 0 Å². The summed E-state index contributed by atoms with van der Waals surface area (Å²) in [6.07, 6.45) is 49.9. The maximum absolute atomic E-state index is 2.46. The van der Waals surface area contributed by atoms with Crippen LogP contribution in [0.3, 0.4) is 0 Å². The van der Waals surface area contributed by atoms with Crippen molar-refractivity contribution in [3.63, 3.8) is 0 Å². The van der Waals surface area contributed by atoms with Crippen molar-refractivity contribution in [1.29, 1.82) is 0 Å². The van der Waals surface area contributed by atoms with E-state index in [1.54, 1.807) is 0 Å². The zero-order valence-corrected chi connectivity index (χ0v) is 25.1. The van der Waals surface area contributed by atoms with Crippen LogP contribution in [-0.4, -0.2) is 0 Å². The Kier molecular flexibility index (Phi) is 33.5. The fourth-order valence-corrected chi connectivity index (χ4v) is 5.33. The smallest absolute Gasteiger partial charge is 0.0351 e. The van der Waals surface area contributed by atoms with Gasteiger partial charge in [0.2, 0.25) is 0 Å². The molecular formula is C35H70. The highest BCUT2D eigenvalue weighted by atomic mass is 14.0. The van der Waals surface area contributed by atoms with Crippen molar-refractivity contribution in [2.24, 2.45) is 0 Å². The van der Waals surface area contributed by atoms with E-state index in [9.17, 15) is 0 Å². The van der Waals surface area contributed by atoms with Crippen molar-refractivity contribution >= 4 is 0 Å². The first kappa shape index (κ1) is 34.7. The molecule has 0 spiro atoms. The van der Waals surface area contributed by atoms with Crippen LogP contribution in [-0.2, 0) is 0 Å². The Bertz CT molecular complexity index is 368. The predicted octanol–water partition coefficient (Wildman–Crippen LogP) is 13.7. The first-order chi connectivity index (χ1) is 17.4. The maximum Gasteiger partial charge on any atom is -0.0351 e. The molecule has 0 nitrogen and oxygen atoms in total. The lowest BCUT2D eigenvalue weighted by atomic mass is 10.0. The van der Waals surface area contributed by atoms with E-state index >= 15 is 0 Å². The molecule has 0 radical (unpaired) electrons. The SMILES string of the molecule is CCCCCCCCCCCC=CCCCCCCCCCCCCCCCCCCCCCC. The summed E-state index contributed by atoms with van der Waals surface area (Å²) < 4.78 is 0. The van der Waals surface area contributed by atoms with E-state index < -0.39 is 0 Å². The maximum atomic E-state index is 2.46. The van der Waals surface area contributed by atoms with Gasteiger partial charge in [-0.25, -0.2) is 0 Å². The van der Waals surface area contributed by atoms with E-state index in [1.807, 2.05) is 0 Å². The Labute approximate surface area is 224 Å². The predicted molar refractivity (Wildman–Crippen MR) is 164 cm³/mol. The van der Waals surface area contributed by atoms with Gasteiger partial charge in [-0.2, -0.15) is 0 Å². The minimum absolute atomic E-state index is 1.31. The van der Waals surface area contributed by atoms with Crippen LogP contribution < -0.4 is 0 Å². The van der Waals surface area contributed by atoms with Gasteiger partial charge in [0.1, 0.15) is 0 Å². The van der Waals surface area contributed by atoms with Gasteiger partial charge < -0.3 is 0 Å². The summed E-state index contributed by atoms with van der Waals surface area (Å²) in [6.45, 7) is 4.61. The third kappa shape index (κ3) is 33.7. The molecule has 0 bridgehead atoms. The molecular weight excluding hydrogens is 420 g/mol. The van der Waals surface area contributed by atoms with Gasteiger partial charge >= 0.3 is 0 Å². The molecule has 0 aromatic heterocycles. The van der Waals surface area contributed by atoms with E-state index in [0.717, 1.165) is 0 Å². The van der Waals surface area contributed by atoms with Gasteiger partial charge in [-0.15, -0.1) is 0 Å². The fraction of sp³-hybridized carbons (Fsp3) is 0.943. The number of hydrogen-bond donors (Lipinski definition) is 0. The van der Waals surface area contributed by atoms with Gasteiger partial charge in [-0.05, 0) is 25.7 Å². The van der Waals surface area contributed by atoms with Crippen LogP contribution >= 0.6 is 0 Å². The highest BCUT2D eigenvalue weighted by molar-refractivity contribution is 4.81. The first-order valence-electron chi connectivity index (χ1n) is 17.1. The van der Waals surface area contributed by atoms with Crippen molar-refractivity contribution in [3.05, 3.63) is 12.2 Å². The van der Waals surface area contributed by atoms with Crippen LogP contribution in [0.2, 0.25) is 0 Å². The zero-order valence-electron chi connectivity index (χ0n) is 25.1. The zero-order chi connectivity index (χ0) is 25.3. The van der Waals surface area contributed by atoms with E-state index in [4.69, 9.17) is 0 Å². The Morgan fingerprint density at radius 1 is 0.229 bits per heavy atom. The quantitative estimate of drug-likeness (QED) is 0.0669. The lowest BCUT2D eigenvalue weighted by molar-refractivity contribution is 0.522. The van der Waals surface area contributed by atoms with E-state index in [2.05, 4.69) is 26.0 Å². The monoisotopic (exact) mass is 491 g/mol. The second-order valence-electron chi connectivity index (χ2n) is 11.6. The molecule has 0 aliphatic carbocycles. The average molecular weight is 491 g/mol. The van der Waals surface area contributed by atoms with Gasteiger partial charge in [0.15, 0.2) is 0 Å². The van der Waals surface area contributed by atoms with Gasteiger partial charge in [0.05, 0.1) is 0 Å². The minimum Gasteiger partial charge on any atom is -0.0885 e. The van der Waals surface area contributed by atoms with Gasteiger partial charge in [-0.3, -0.25) is 0 Å². The second kappa shape index (κ2) is 33.7. The minimum atomic E-state index is 1.31. The van der Waals surface area contributed by atoms with Crippen LogP contribution in [0.4, 0.5) is 0 Å². The molecule has 0 amide bonds. The molecule has 0 saturated carbocycles. The summed E-state index contributed by atoms with van der Waals surface area (Å²) in [7, 11) is 0. The van der Waals surface area contributed by atoms with Crippen molar-refractivity contribution < 1.29 is 0 Å². The molecule has 0 aliphatic rings. The molecule has 0 atom stereocenters. The van der Waals surface area contributed by atoms with Gasteiger partial charge in [0.25, 0.3) is 0 Å². The van der Waals surface area contributed by atoms with Gasteiger partial charge in [0, 0.05) is 0 Å². The second-order valence-corrected chi connectivity index (χ2v) is 11.6. The summed E-state index contributed by atoms with van der Waals surface area (Å²) >= 11 is 0. The number of allylic oxidation sites excluding steroid dienone is 2. The van der Waals surface area contributed by atoms with Crippen molar-refractivity contribution in [2.75, 3.05) is 0 Å². The number of hydrogen-bond acceptors (Lipinski definition) is 0. The highest BCUT2D eigenvalue weighted by Gasteiger charge is 1.96. The van der Waals surface area contributed by atoms with Crippen molar-refractivity contribution in [2.45, 2.75) is 213 Å². The molecule has 0 aliphatic heterocycles. The Morgan fingerprint density at radius 2 is 0.400 bits per heavy atom. The Hall–Kier alpha value is -0.260. The summed E-state index contributed by atoms with van der Waals surface area (Å²) in [5, 5.41) is 0. The first-order valence-corrected chi connectivity index (χ1v) is 17.1. The largest absolute Gasteiger partial charge is 0.0885 e. The molecule has 0 unspecified atom stereocenters. The van der Waals surface area contributed by atoms with Gasteiger partial charge in [-0.1, -0.05) is 199 Å². The fourth-order valence-electron chi connectivity index (χ4n) is 5.33. The number of unbranched alkanes of at least 4 members (excludes halogenated alkanes) is 29. The lowest BCUT2D eigenvalue weighted by Crippen LogP contribution is -1.84. The third-order valence-corrected chi connectivity index (χ3v) is 7.87. The summed E-state index contributed by atoms with van der Waals surface area (Å²) in [5.74, 6) is 0. The average Bonchev–Trinajstić information content (AvgIpc) is 2.87. The van der Waals surface area contributed by atoms with E-state index in [1.165, 1.54) is 199 Å². The van der Waals surface area contributed by atoms with Crippen LogP contribution in [0.25, 0.3) is 0 Å². The molecule has 0 aromatic carbocycles. The highest BCUT2D eigenvalue weighted by Crippen LogP contribution is 2.15. The molecule has 0 heterocycles. The van der Waals surface area contributed by atoms with Crippen LogP contribution in [0.1, 0.15) is 213 Å². The summed E-state index contributed by atoms with van der Waals surface area (Å²) in [6, 6.07) is 0. The molecule has 0 saturated heterocycles. The topological polar surface area (TPSA) is 0 Å². The molecule has 0 fully saturated rings. The molecule has 0 heteroatoms. The van der Waals surface area contributed by atoms with Crippen molar-refractivity contribution in [3.8, 4) is 0 Å². The van der Waals surface area contributed by atoms with Crippen molar-refractivity contribution in [1.82, 2.24) is 0 Å². The summed E-state index contributed by atoms with van der Waals surface area (Å²) in [4.78, 5) is 0. The van der Waals surface area contributed by atoms with E-state index in [-0.39, 0.29) is 0 Å². The molecule has 0 aromatic rings. The molecule has 35 heavy (non-hydrogen) atoms. The third-order valence-electron chi connectivity index (χ3n) is 7.87. The lowest BCUT2D eigenvalue weighted by Gasteiger charge is -2.04. The van der Waals surface area contributed by atoms with E-state index in [0.29, 0.717) is 0 Å². The van der Waals surface area contributed by atoms with Crippen LogP contribution in [0.15, 0.2) is 12.2 Å². The number of rotatable bonds is 31. The normalized spacial score (nSPS) is 11.7. The summed E-state index contributed by atoms with van der Waals surface area (Å²) in [5.41, 5.74) is 0.